The Bertz CT molecular complexity index is 823. The number of benzene rings is 2. The van der Waals surface area contributed by atoms with E-state index in [1.807, 2.05) is 30.5 Å². The van der Waals surface area contributed by atoms with Crippen LogP contribution in [0.1, 0.15) is 13.3 Å². The monoisotopic (exact) mass is 378 g/mol. The molecule has 0 aliphatic heterocycles. The molecule has 0 unspecified atom stereocenters. The van der Waals surface area contributed by atoms with Crippen molar-refractivity contribution in [3.05, 3.63) is 54.6 Å². The van der Waals surface area contributed by atoms with Gasteiger partial charge >= 0.3 is 0 Å². The molecule has 5 nitrogen and oxygen atoms in total. The number of anilines is 2. The topological polar surface area (TPSA) is 66.5 Å². The van der Waals surface area contributed by atoms with Crippen LogP contribution in [-0.2, 0) is 14.8 Å². The Morgan fingerprint density at radius 1 is 1.12 bits per heavy atom. The van der Waals surface area contributed by atoms with Crippen LogP contribution in [0, 0.1) is 0 Å². The predicted octanol–water partition coefficient (Wildman–Crippen LogP) is 3.59. The highest BCUT2D eigenvalue weighted by Crippen LogP contribution is 2.27. The molecule has 1 atom stereocenters. The summed E-state index contributed by atoms with van der Waals surface area (Å²) in [6, 6.07) is 15.3. The van der Waals surface area contributed by atoms with Crippen molar-refractivity contribution >= 4 is 39.1 Å². The highest BCUT2D eigenvalue weighted by molar-refractivity contribution is 7.98. The molecule has 0 aliphatic carbocycles. The normalized spacial score (nSPS) is 12.4. The number of sulfonamides is 1. The van der Waals surface area contributed by atoms with Gasteiger partial charge in [-0.25, -0.2) is 8.42 Å². The number of rotatable bonds is 7. The lowest BCUT2D eigenvalue weighted by atomic mass is 10.2. The first-order valence-electron chi connectivity index (χ1n) is 7.86. The van der Waals surface area contributed by atoms with Gasteiger partial charge in [-0.3, -0.25) is 9.10 Å². The lowest BCUT2D eigenvalue weighted by Gasteiger charge is -2.30. The summed E-state index contributed by atoms with van der Waals surface area (Å²) in [6.07, 6.45) is 3.40. The summed E-state index contributed by atoms with van der Waals surface area (Å²) in [6.45, 7) is 1.80. The molecule has 2 rings (SSSR count). The van der Waals surface area contributed by atoms with E-state index in [2.05, 4.69) is 5.32 Å². The number of nitrogens with zero attached hydrogens (tertiary/aromatic N) is 1. The van der Waals surface area contributed by atoms with Crippen LogP contribution < -0.4 is 9.62 Å². The fraction of sp³-hybridized carbons (Fsp3) is 0.278. The van der Waals surface area contributed by atoms with E-state index in [-0.39, 0.29) is 5.91 Å². The molecule has 0 saturated carbocycles. The van der Waals surface area contributed by atoms with Gasteiger partial charge in [0.05, 0.1) is 17.6 Å². The Balaban J connectivity index is 2.36. The van der Waals surface area contributed by atoms with E-state index in [1.54, 1.807) is 37.3 Å². The lowest BCUT2D eigenvalue weighted by molar-refractivity contribution is -0.117. The SMILES string of the molecule is CC[C@@H](C(=O)Nc1ccccc1SC)N(c1ccccc1)S(C)(=O)=O. The van der Waals surface area contributed by atoms with Crippen LogP contribution >= 0.6 is 11.8 Å². The van der Waals surface area contributed by atoms with Gasteiger partial charge in [0.15, 0.2) is 0 Å². The first-order chi connectivity index (χ1) is 11.9. The molecule has 1 amide bonds. The van der Waals surface area contributed by atoms with Crippen molar-refractivity contribution in [3.8, 4) is 0 Å². The van der Waals surface area contributed by atoms with Crippen molar-refractivity contribution < 1.29 is 13.2 Å². The molecule has 0 bridgehead atoms. The molecule has 2 aromatic rings. The highest BCUT2D eigenvalue weighted by atomic mass is 32.2. The molecule has 0 saturated heterocycles. The maximum Gasteiger partial charge on any atom is 0.248 e. The number of para-hydroxylation sites is 2. The Morgan fingerprint density at radius 2 is 1.72 bits per heavy atom. The van der Waals surface area contributed by atoms with E-state index in [4.69, 9.17) is 0 Å². The maximum atomic E-state index is 12.8. The Kier molecular flexibility index (Phi) is 6.50. The largest absolute Gasteiger partial charge is 0.323 e. The first kappa shape index (κ1) is 19.3. The highest BCUT2D eigenvalue weighted by Gasteiger charge is 2.31. The standard InChI is InChI=1S/C18H22N2O3S2/c1-4-16(18(21)19-15-12-8-9-13-17(15)24-2)20(25(3,22)23)14-10-6-5-7-11-14/h5-13,16H,4H2,1-3H3,(H,19,21)/t16-/m0/s1. The van der Waals surface area contributed by atoms with E-state index in [0.29, 0.717) is 17.8 Å². The zero-order chi connectivity index (χ0) is 18.4. The average Bonchev–Trinajstić information content (AvgIpc) is 2.59. The zero-order valence-electron chi connectivity index (χ0n) is 14.5. The summed E-state index contributed by atoms with van der Waals surface area (Å²) in [5.41, 5.74) is 1.16. The second-order valence-electron chi connectivity index (χ2n) is 5.51. The second-order valence-corrected chi connectivity index (χ2v) is 8.22. The molecular formula is C18H22N2O3S2. The van der Waals surface area contributed by atoms with Gasteiger partial charge in [-0.1, -0.05) is 37.3 Å². The Morgan fingerprint density at radius 3 is 2.28 bits per heavy atom. The van der Waals surface area contributed by atoms with Crippen LogP contribution in [0.5, 0.6) is 0 Å². The number of thioether (sulfide) groups is 1. The number of carbonyl (C=O) groups is 1. The summed E-state index contributed by atoms with van der Waals surface area (Å²) >= 11 is 1.52. The van der Waals surface area contributed by atoms with E-state index in [0.717, 1.165) is 11.2 Å². The fourth-order valence-corrected chi connectivity index (χ4v) is 4.36. The summed E-state index contributed by atoms with van der Waals surface area (Å²) in [7, 11) is -3.61. The smallest absolute Gasteiger partial charge is 0.248 e. The van der Waals surface area contributed by atoms with E-state index < -0.39 is 16.1 Å². The van der Waals surface area contributed by atoms with Gasteiger partial charge in [0.1, 0.15) is 6.04 Å². The Hall–Kier alpha value is -1.99. The van der Waals surface area contributed by atoms with Crippen LogP contribution in [-0.4, -0.2) is 32.9 Å². The molecule has 0 radical (unpaired) electrons. The first-order valence-corrected chi connectivity index (χ1v) is 10.9. The van der Waals surface area contributed by atoms with Gasteiger partial charge in [0.25, 0.3) is 0 Å². The molecule has 25 heavy (non-hydrogen) atoms. The minimum atomic E-state index is -3.61. The minimum Gasteiger partial charge on any atom is -0.323 e. The summed E-state index contributed by atoms with van der Waals surface area (Å²) in [5, 5.41) is 2.87. The predicted molar refractivity (Wildman–Crippen MR) is 105 cm³/mol. The summed E-state index contributed by atoms with van der Waals surface area (Å²) in [4.78, 5) is 13.8. The average molecular weight is 379 g/mol. The molecule has 1 N–H and O–H groups in total. The van der Waals surface area contributed by atoms with E-state index in [9.17, 15) is 13.2 Å². The molecule has 134 valence electrons. The van der Waals surface area contributed by atoms with E-state index >= 15 is 0 Å². The molecule has 7 heteroatoms. The van der Waals surface area contributed by atoms with Crippen molar-refractivity contribution in [1.82, 2.24) is 0 Å². The van der Waals surface area contributed by atoms with Crippen molar-refractivity contribution in [2.45, 2.75) is 24.3 Å². The number of amides is 1. The van der Waals surface area contributed by atoms with Crippen LogP contribution in [0.4, 0.5) is 11.4 Å². The van der Waals surface area contributed by atoms with Crippen molar-refractivity contribution in [1.29, 1.82) is 0 Å². The molecule has 0 aromatic heterocycles. The lowest BCUT2D eigenvalue weighted by Crippen LogP contribution is -2.47. The number of hydrogen-bond acceptors (Lipinski definition) is 4. The molecule has 0 aliphatic rings. The van der Waals surface area contributed by atoms with Gasteiger partial charge in [-0.05, 0) is 36.9 Å². The maximum absolute atomic E-state index is 12.8. The zero-order valence-corrected chi connectivity index (χ0v) is 16.1. The fourth-order valence-electron chi connectivity index (χ4n) is 2.60. The quantitative estimate of drug-likeness (QED) is 0.748. The van der Waals surface area contributed by atoms with Crippen LogP contribution in [0.25, 0.3) is 0 Å². The van der Waals surface area contributed by atoms with Crippen molar-refractivity contribution in [2.75, 3.05) is 22.1 Å². The summed E-state index contributed by atoms with van der Waals surface area (Å²) in [5.74, 6) is -0.349. The van der Waals surface area contributed by atoms with Crippen LogP contribution in [0.15, 0.2) is 59.5 Å². The van der Waals surface area contributed by atoms with Gasteiger partial charge in [0, 0.05) is 4.90 Å². The molecule has 0 heterocycles. The van der Waals surface area contributed by atoms with Crippen molar-refractivity contribution in [2.24, 2.45) is 0 Å². The van der Waals surface area contributed by atoms with Crippen molar-refractivity contribution in [3.63, 3.8) is 0 Å². The third kappa shape index (κ3) is 4.76. The number of nitrogens with one attached hydrogen (secondary N) is 1. The second kappa shape index (κ2) is 8.40. The number of carbonyl (C=O) groups excluding carboxylic acids is 1. The molecular weight excluding hydrogens is 356 g/mol. The van der Waals surface area contributed by atoms with Gasteiger partial charge in [-0.2, -0.15) is 0 Å². The third-order valence-corrected chi connectivity index (χ3v) is 5.68. The molecule has 2 aromatic carbocycles. The molecule has 0 fully saturated rings. The van der Waals surface area contributed by atoms with Crippen LogP contribution in [0.3, 0.4) is 0 Å². The Labute approximate surface area is 153 Å². The third-order valence-electron chi connectivity index (χ3n) is 3.71. The van der Waals surface area contributed by atoms with Gasteiger partial charge in [-0.15, -0.1) is 11.8 Å². The van der Waals surface area contributed by atoms with Gasteiger partial charge in [0.2, 0.25) is 15.9 Å². The van der Waals surface area contributed by atoms with Crippen LogP contribution in [0.2, 0.25) is 0 Å². The molecule has 0 spiro atoms. The van der Waals surface area contributed by atoms with E-state index in [1.165, 1.54) is 16.1 Å². The van der Waals surface area contributed by atoms with Gasteiger partial charge < -0.3 is 5.32 Å². The minimum absolute atomic E-state index is 0.349. The summed E-state index contributed by atoms with van der Waals surface area (Å²) < 4.78 is 25.9. The number of hydrogen-bond donors (Lipinski definition) is 1.